The Bertz CT molecular complexity index is 93.8. The zero-order valence-electron chi connectivity index (χ0n) is 8.97. The molecule has 0 spiro atoms. The lowest BCUT2D eigenvalue weighted by molar-refractivity contribution is 0.170. The second kappa shape index (κ2) is 7.56. The Hall–Kier alpha value is -0.0800. The van der Waals surface area contributed by atoms with Crippen LogP contribution in [0.3, 0.4) is 0 Å². The van der Waals surface area contributed by atoms with Crippen molar-refractivity contribution in [1.29, 1.82) is 0 Å². The fourth-order valence-corrected chi connectivity index (χ4v) is 1.28. The second-order valence-corrected chi connectivity index (χ2v) is 3.65. The Kier molecular flexibility index (Phi) is 7.51. The van der Waals surface area contributed by atoms with Crippen molar-refractivity contribution in [3.63, 3.8) is 0 Å². The third-order valence-electron chi connectivity index (χ3n) is 2.29. The summed E-state index contributed by atoms with van der Waals surface area (Å²) >= 11 is 0. The summed E-state index contributed by atoms with van der Waals surface area (Å²) in [5.41, 5.74) is 0. The number of rotatable bonds is 7. The van der Waals surface area contributed by atoms with Gasteiger partial charge in [0.2, 0.25) is 0 Å². The van der Waals surface area contributed by atoms with Gasteiger partial charge in [-0.2, -0.15) is 0 Å². The molecule has 0 radical (unpaired) electrons. The summed E-state index contributed by atoms with van der Waals surface area (Å²) < 4.78 is 5.07. The maximum atomic E-state index is 5.07. The van der Waals surface area contributed by atoms with E-state index in [1.807, 2.05) is 0 Å². The van der Waals surface area contributed by atoms with Crippen LogP contribution in [0.1, 0.15) is 26.2 Å². The Labute approximate surface area is 76.9 Å². The molecule has 0 aromatic heterocycles. The molecule has 0 aromatic carbocycles. The lowest BCUT2D eigenvalue weighted by Gasteiger charge is -2.16. The van der Waals surface area contributed by atoms with Gasteiger partial charge >= 0.3 is 0 Å². The summed E-state index contributed by atoms with van der Waals surface area (Å²) in [6.45, 7) is 4.37. The van der Waals surface area contributed by atoms with E-state index in [9.17, 15) is 0 Å². The van der Waals surface area contributed by atoms with E-state index in [1.165, 1.54) is 25.8 Å². The average molecular weight is 173 g/mol. The number of nitrogens with zero attached hydrogens (tertiary/aromatic N) is 1. The van der Waals surface area contributed by atoms with Crippen LogP contribution in [-0.2, 0) is 4.74 Å². The molecule has 0 heterocycles. The molecule has 0 aliphatic heterocycles. The molecule has 1 unspecified atom stereocenters. The van der Waals surface area contributed by atoms with E-state index >= 15 is 0 Å². The van der Waals surface area contributed by atoms with Gasteiger partial charge in [0.1, 0.15) is 0 Å². The third-order valence-corrected chi connectivity index (χ3v) is 2.29. The highest BCUT2D eigenvalue weighted by atomic mass is 16.5. The number of hydrogen-bond donors (Lipinski definition) is 0. The predicted molar refractivity (Wildman–Crippen MR) is 53.4 cm³/mol. The molecule has 0 aromatic rings. The number of hydrogen-bond acceptors (Lipinski definition) is 2. The maximum absolute atomic E-state index is 5.07. The monoisotopic (exact) mass is 173 g/mol. The number of methoxy groups -OCH3 is 1. The lowest BCUT2D eigenvalue weighted by atomic mass is 9.99. The molecule has 0 saturated carbocycles. The number of ether oxygens (including phenoxy) is 1. The lowest BCUT2D eigenvalue weighted by Crippen LogP contribution is -2.17. The minimum atomic E-state index is 0.840. The van der Waals surface area contributed by atoms with Gasteiger partial charge in [0.05, 0.1) is 0 Å². The summed E-state index contributed by atoms with van der Waals surface area (Å²) in [7, 11) is 6.03. The van der Waals surface area contributed by atoms with Crippen LogP contribution in [0.25, 0.3) is 0 Å². The van der Waals surface area contributed by atoms with Gasteiger partial charge in [0.25, 0.3) is 0 Å². The molecule has 0 fully saturated rings. The van der Waals surface area contributed by atoms with Gasteiger partial charge < -0.3 is 9.64 Å². The smallest absolute Gasteiger partial charge is 0.0464 e. The largest absolute Gasteiger partial charge is 0.385 e. The highest BCUT2D eigenvalue weighted by Crippen LogP contribution is 2.12. The van der Waals surface area contributed by atoms with E-state index in [0.29, 0.717) is 0 Å². The Morgan fingerprint density at radius 1 is 1.25 bits per heavy atom. The van der Waals surface area contributed by atoms with Crippen LogP contribution >= 0.6 is 0 Å². The minimum absolute atomic E-state index is 0.840. The van der Waals surface area contributed by atoms with Crippen LogP contribution in [0.4, 0.5) is 0 Å². The molecule has 0 bridgehead atoms. The molecule has 12 heavy (non-hydrogen) atoms. The molecule has 1 atom stereocenters. The second-order valence-electron chi connectivity index (χ2n) is 3.65. The Morgan fingerprint density at radius 3 is 2.33 bits per heavy atom. The van der Waals surface area contributed by atoms with Gasteiger partial charge in [0, 0.05) is 13.7 Å². The van der Waals surface area contributed by atoms with Crippen molar-refractivity contribution in [2.45, 2.75) is 26.2 Å². The van der Waals surface area contributed by atoms with Gasteiger partial charge in [-0.1, -0.05) is 13.3 Å². The van der Waals surface area contributed by atoms with Crippen molar-refractivity contribution in [3.05, 3.63) is 0 Å². The van der Waals surface area contributed by atoms with Crippen LogP contribution in [0.15, 0.2) is 0 Å². The van der Waals surface area contributed by atoms with Crippen molar-refractivity contribution >= 4 is 0 Å². The highest BCUT2D eigenvalue weighted by molar-refractivity contribution is 4.58. The van der Waals surface area contributed by atoms with E-state index in [4.69, 9.17) is 4.74 Å². The standard InChI is InChI=1S/C10H23NO/c1-5-10(7-9-12-4)6-8-11(2)3/h10H,5-9H2,1-4H3. The molecule has 0 saturated heterocycles. The first-order valence-corrected chi connectivity index (χ1v) is 4.84. The van der Waals surface area contributed by atoms with Gasteiger partial charge in [-0.05, 0) is 39.4 Å². The molecule has 2 nitrogen and oxygen atoms in total. The topological polar surface area (TPSA) is 12.5 Å². The first kappa shape index (κ1) is 11.9. The van der Waals surface area contributed by atoms with Gasteiger partial charge in [-0.15, -0.1) is 0 Å². The van der Waals surface area contributed by atoms with Crippen molar-refractivity contribution in [2.24, 2.45) is 5.92 Å². The summed E-state index contributed by atoms with van der Waals surface area (Å²) in [6.07, 6.45) is 3.78. The normalized spacial score (nSPS) is 13.8. The van der Waals surface area contributed by atoms with Crippen molar-refractivity contribution in [1.82, 2.24) is 4.90 Å². The molecule has 0 aliphatic rings. The summed E-state index contributed by atoms with van der Waals surface area (Å²) in [5.74, 6) is 0.840. The van der Waals surface area contributed by atoms with Crippen LogP contribution in [0.5, 0.6) is 0 Å². The molecule has 0 aliphatic carbocycles. The van der Waals surface area contributed by atoms with Crippen LogP contribution in [0.2, 0.25) is 0 Å². The van der Waals surface area contributed by atoms with Crippen LogP contribution in [0, 0.1) is 5.92 Å². The third kappa shape index (κ3) is 6.62. The molecular formula is C10H23NO. The predicted octanol–water partition coefficient (Wildman–Crippen LogP) is 2.00. The SMILES string of the molecule is CCC(CCOC)CCN(C)C. The van der Waals surface area contributed by atoms with E-state index in [2.05, 4.69) is 25.9 Å². The van der Waals surface area contributed by atoms with Crippen molar-refractivity contribution in [3.8, 4) is 0 Å². The first-order valence-electron chi connectivity index (χ1n) is 4.84. The molecule has 2 heteroatoms. The quantitative estimate of drug-likeness (QED) is 0.584. The van der Waals surface area contributed by atoms with Crippen molar-refractivity contribution < 1.29 is 4.74 Å². The molecule has 0 amide bonds. The van der Waals surface area contributed by atoms with Crippen molar-refractivity contribution in [2.75, 3.05) is 34.4 Å². The molecule has 0 N–H and O–H groups in total. The summed E-state index contributed by atoms with van der Waals surface area (Å²) in [4.78, 5) is 2.25. The zero-order valence-corrected chi connectivity index (χ0v) is 8.97. The highest BCUT2D eigenvalue weighted by Gasteiger charge is 2.05. The zero-order chi connectivity index (χ0) is 9.40. The van der Waals surface area contributed by atoms with E-state index in [1.54, 1.807) is 7.11 Å². The Morgan fingerprint density at radius 2 is 1.92 bits per heavy atom. The molecule has 74 valence electrons. The van der Waals surface area contributed by atoms with Gasteiger partial charge in [-0.25, -0.2) is 0 Å². The summed E-state index contributed by atoms with van der Waals surface area (Å²) in [5, 5.41) is 0. The van der Waals surface area contributed by atoms with Crippen LogP contribution in [-0.4, -0.2) is 39.3 Å². The van der Waals surface area contributed by atoms with Gasteiger partial charge in [-0.3, -0.25) is 0 Å². The average Bonchev–Trinajstić information content (AvgIpc) is 2.05. The minimum Gasteiger partial charge on any atom is -0.385 e. The summed E-state index contributed by atoms with van der Waals surface area (Å²) in [6, 6.07) is 0. The van der Waals surface area contributed by atoms with Crippen LogP contribution < -0.4 is 0 Å². The molecule has 0 rings (SSSR count). The first-order chi connectivity index (χ1) is 5.70. The fraction of sp³-hybridized carbons (Fsp3) is 1.00. The Balaban J connectivity index is 3.39. The van der Waals surface area contributed by atoms with E-state index in [-0.39, 0.29) is 0 Å². The maximum Gasteiger partial charge on any atom is 0.0464 e. The molecular weight excluding hydrogens is 150 g/mol. The van der Waals surface area contributed by atoms with Gasteiger partial charge in [0.15, 0.2) is 0 Å². The fourth-order valence-electron chi connectivity index (χ4n) is 1.28. The van der Waals surface area contributed by atoms with E-state index in [0.717, 1.165) is 12.5 Å². The van der Waals surface area contributed by atoms with E-state index < -0.39 is 0 Å².